The van der Waals surface area contributed by atoms with Gasteiger partial charge in [-0.05, 0) is 56.1 Å². The van der Waals surface area contributed by atoms with E-state index in [4.69, 9.17) is 0 Å². The van der Waals surface area contributed by atoms with E-state index in [9.17, 15) is 4.79 Å². The highest BCUT2D eigenvalue weighted by molar-refractivity contribution is 5.94. The number of likely N-dealkylation sites (tertiary alicyclic amines) is 1. The smallest absolute Gasteiger partial charge is 0.255 e. The molecule has 1 aliphatic carbocycles. The Morgan fingerprint density at radius 1 is 1.25 bits per heavy atom. The number of piperidine rings is 1. The first-order valence-corrected chi connectivity index (χ1v) is 8.97. The Bertz CT molecular complexity index is 695. The fraction of sp³-hybridized carbons (Fsp3) is 0.526. The number of rotatable bonds is 2. The number of imidazole rings is 1. The monoisotopic (exact) mass is 324 g/mol. The van der Waals surface area contributed by atoms with Gasteiger partial charge in [0.05, 0.1) is 5.56 Å². The zero-order valence-electron chi connectivity index (χ0n) is 14.1. The molecule has 1 amide bonds. The number of nitrogens with zero attached hydrogens (tertiary/aromatic N) is 4. The third-order valence-corrected chi connectivity index (χ3v) is 5.60. The Hall–Kier alpha value is -2.17. The number of fused-ring (bicyclic) bond motifs is 1. The molecule has 0 unspecified atom stereocenters. The quantitative estimate of drug-likeness (QED) is 0.851. The maximum absolute atomic E-state index is 13.0. The van der Waals surface area contributed by atoms with Crippen molar-refractivity contribution < 1.29 is 4.79 Å². The summed E-state index contributed by atoms with van der Waals surface area (Å²) in [5.74, 6) is 2.41. The van der Waals surface area contributed by atoms with Gasteiger partial charge in [-0.2, -0.15) is 0 Å². The van der Waals surface area contributed by atoms with Gasteiger partial charge in [-0.1, -0.05) is 6.92 Å². The molecule has 0 radical (unpaired) electrons. The van der Waals surface area contributed by atoms with Crippen LogP contribution in [0.5, 0.6) is 0 Å². The Morgan fingerprint density at radius 3 is 2.92 bits per heavy atom. The largest absolute Gasteiger partial charge is 0.335 e. The van der Waals surface area contributed by atoms with Crippen molar-refractivity contribution >= 4 is 5.91 Å². The molecule has 4 rings (SSSR count). The predicted molar refractivity (Wildman–Crippen MR) is 91.9 cm³/mol. The molecule has 1 saturated carbocycles. The topological polar surface area (TPSA) is 51.0 Å². The molecular weight excluding hydrogens is 300 g/mol. The molecule has 2 aromatic rings. The number of carbonyl (C=O) groups excluding carboxylic acids is 1. The first kappa shape index (κ1) is 15.4. The minimum Gasteiger partial charge on any atom is -0.335 e. The summed E-state index contributed by atoms with van der Waals surface area (Å²) in [5.41, 5.74) is 0.693. The average Bonchev–Trinajstić information content (AvgIpc) is 3.15. The molecule has 0 bridgehead atoms. The minimum atomic E-state index is 0.143. The van der Waals surface area contributed by atoms with Crippen molar-refractivity contribution in [1.29, 1.82) is 0 Å². The third kappa shape index (κ3) is 2.83. The van der Waals surface area contributed by atoms with Crippen molar-refractivity contribution in [3.63, 3.8) is 0 Å². The van der Waals surface area contributed by atoms with Gasteiger partial charge in [0.2, 0.25) is 0 Å². The lowest BCUT2D eigenvalue weighted by molar-refractivity contribution is 0.0321. The second-order valence-electron chi connectivity index (χ2n) is 7.26. The maximum Gasteiger partial charge on any atom is 0.255 e. The fourth-order valence-corrected chi connectivity index (χ4v) is 4.37. The Balaban J connectivity index is 1.52. The van der Waals surface area contributed by atoms with E-state index in [0.717, 1.165) is 31.1 Å². The van der Waals surface area contributed by atoms with Gasteiger partial charge in [-0.15, -0.1) is 0 Å². The number of carbonyl (C=O) groups is 1. The first-order valence-electron chi connectivity index (χ1n) is 8.97. The number of amides is 1. The summed E-state index contributed by atoms with van der Waals surface area (Å²) < 4.78 is 1.84. The number of pyridine rings is 1. The Labute approximate surface area is 142 Å². The van der Waals surface area contributed by atoms with Gasteiger partial charge in [0.1, 0.15) is 12.1 Å². The molecule has 1 saturated heterocycles. The maximum atomic E-state index is 13.0. The lowest BCUT2D eigenvalue weighted by Crippen LogP contribution is -2.50. The van der Waals surface area contributed by atoms with Crippen LogP contribution in [0.3, 0.4) is 0 Å². The van der Waals surface area contributed by atoms with Crippen LogP contribution in [0.2, 0.25) is 0 Å². The zero-order valence-corrected chi connectivity index (χ0v) is 14.1. The summed E-state index contributed by atoms with van der Waals surface area (Å²) >= 11 is 0. The second-order valence-corrected chi connectivity index (χ2v) is 7.26. The third-order valence-electron chi connectivity index (χ3n) is 5.60. The molecule has 24 heavy (non-hydrogen) atoms. The second kappa shape index (κ2) is 6.38. The summed E-state index contributed by atoms with van der Waals surface area (Å²) in [5, 5.41) is 0. The summed E-state index contributed by atoms with van der Waals surface area (Å²) in [7, 11) is 0. The Morgan fingerprint density at radius 2 is 2.17 bits per heavy atom. The van der Waals surface area contributed by atoms with Crippen LogP contribution in [-0.4, -0.2) is 37.9 Å². The van der Waals surface area contributed by atoms with Gasteiger partial charge in [0, 0.05) is 31.2 Å². The van der Waals surface area contributed by atoms with E-state index in [1.54, 1.807) is 18.7 Å². The van der Waals surface area contributed by atoms with Crippen LogP contribution in [0, 0.1) is 11.8 Å². The van der Waals surface area contributed by atoms with Gasteiger partial charge < -0.3 is 4.90 Å². The molecular formula is C19H24N4O. The summed E-state index contributed by atoms with van der Waals surface area (Å²) in [6.45, 7) is 3.23. The molecule has 0 N–H and O–H groups in total. The molecule has 3 heterocycles. The average molecular weight is 324 g/mol. The van der Waals surface area contributed by atoms with Gasteiger partial charge in [-0.3, -0.25) is 9.36 Å². The van der Waals surface area contributed by atoms with Crippen LogP contribution in [0.15, 0.2) is 37.1 Å². The number of hydrogen-bond donors (Lipinski definition) is 0. The fourth-order valence-electron chi connectivity index (χ4n) is 4.37. The van der Waals surface area contributed by atoms with Crippen molar-refractivity contribution in [2.24, 2.45) is 11.8 Å². The number of hydrogen-bond acceptors (Lipinski definition) is 3. The van der Waals surface area contributed by atoms with E-state index in [-0.39, 0.29) is 5.91 Å². The van der Waals surface area contributed by atoms with E-state index in [1.165, 1.54) is 19.3 Å². The zero-order chi connectivity index (χ0) is 16.5. The normalized spacial score (nSPS) is 26.9. The van der Waals surface area contributed by atoms with E-state index in [2.05, 4.69) is 21.8 Å². The molecule has 0 aromatic carbocycles. The Kier molecular flexibility index (Phi) is 4.08. The van der Waals surface area contributed by atoms with Crippen LogP contribution in [0.1, 0.15) is 49.4 Å². The van der Waals surface area contributed by atoms with Gasteiger partial charge >= 0.3 is 0 Å². The van der Waals surface area contributed by atoms with Crippen molar-refractivity contribution in [2.75, 3.05) is 6.54 Å². The minimum absolute atomic E-state index is 0.143. The highest BCUT2D eigenvalue weighted by atomic mass is 16.2. The lowest BCUT2D eigenvalue weighted by atomic mass is 9.74. The lowest BCUT2D eigenvalue weighted by Gasteiger charge is -2.45. The van der Waals surface area contributed by atoms with Gasteiger partial charge in [0.15, 0.2) is 0 Å². The van der Waals surface area contributed by atoms with E-state index < -0.39 is 0 Å². The molecule has 126 valence electrons. The van der Waals surface area contributed by atoms with E-state index in [1.807, 2.05) is 22.9 Å². The molecule has 2 aliphatic rings. The molecule has 3 atom stereocenters. The van der Waals surface area contributed by atoms with Crippen molar-refractivity contribution in [2.45, 2.75) is 45.1 Å². The highest BCUT2D eigenvalue weighted by Crippen LogP contribution is 2.38. The van der Waals surface area contributed by atoms with Crippen LogP contribution < -0.4 is 0 Å². The number of aromatic nitrogens is 3. The van der Waals surface area contributed by atoms with Gasteiger partial charge in [-0.25, -0.2) is 9.97 Å². The summed E-state index contributed by atoms with van der Waals surface area (Å²) in [4.78, 5) is 23.6. The first-order chi connectivity index (χ1) is 11.7. The van der Waals surface area contributed by atoms with Crippen LogP contribution in [0.25, 0.3) is 5.82 Å². The summed E-state index contributed by atoms with van der Waals surface area (Å²) in [6.07, 6.45) is 13.0. The van der Waals surface area contributed by atoms with Crippen LogP contribution >= 0.6 is 0 Å². The van der Waals surface area contributed by atoms with Crippen molar-refractivity contribution in [1.82, 2.24) is 19.4 Å². The SMILES string of the molecule is C[C@@H]1CC[C@@H]2[C@H](CCCN2C(=O)c2ccc(-n3ccnc3)nc2)C1. The van der Waals surface area contributed by atoms with Crippen molar-refractivity contribution in [3.8, 4) is 5.82 Å². The van der Waals surface area contributed by atoms with Crippen LogP contribution in [-0.2, 0) is 0 Å². The molecule has 5 nitrogen and oxygen atoms in total. The molecule has 2 fully saturated rings. The van der Waals surface area contributed by atoms with Crippen LogP contribution in [0.4, 0.5) is 0 Å². The molecule has 1 aliphatic heterocycles. The van der Waals surface area contributed by atoms with Gasteiger partial charge in [0.25, 0.3) is 5.91 Å². The molecule has 0 spiro atoms. The van der Waals surface area contributed by atoms with E-state index >= 15 is 0 Å². The predicted octanol–water partition coefficient (Wildman–Crippen LogP) is 3.31. The summed E-state index contributed by atoms with van der Waals surface area (Å²) in [6, 6.07) is 4.20. The van der Waals surface area contributed by atoms with E-state index in [0.29, 0.717) is 17.5 Å². The molecule has 5 heteroatoms. The highest BCUT2D eigenvalue weighted by Gasteiger charge is 2.37. The standard InChI is InChI=1S/C19H24N4O/c1-14-4-6-17-15(11-14)3-2-9-23(17)19(24)16-5-7-18(21-12-16)22-10-8-20-13-22/h5,7-8,10,12-15,17H,2-4,6,9,11H2,1H3/t14-,15-,17-/m1/s1. The molecule has 2 aromatic heterocycles. The van der Waals surface area contributed by atoms with Crippen molar-refractivity contribution in [3.05, 3.63) is 42.6 Å².